The van der Waals surface area contributed by atoms with Crippen LogP contribution in [0.15, 0.2) is 24.3 Å². The van der Waals surface area contributed by atoms with Gasteiger partial charge in [0, 0.05) is 19.6 Å². The van der Waals surface area contributed by atoms with E-state index in [-0.39, 0.29) is 11.7 Å². The molecule has 1 fully saturated rings. The van der Waals surface area contributed by atoms with E-state index in [0.717, 1.165) is 25.2 Å². The van der Waals surface area contributed by atoms with Gasteiger partial charge >= 0.3 is 7.12 Å². The first-order valence-electron chi connectivity index (χ1n) is 6.71. The number of rotatable bonds is 3. The van der Waals surface area contributed by atoms with Crippen LogP contribution in [0.1, 0.15) is 26.3 Å². The first-order chi connectivity index (χ1) is 8.85. The molecule has 104 valence electrons. The van der Waals surface area contributed by atoms with E-state index in [4.69, 9.17) is 4.74 Å². The number of nitrogens with zero attached hydrogens (tertiary/aromatic N) is 1. The summed E-state index contributed by atoms with van der Waals surface area (Å²) in [7, 11) is -1.40. The van der Waals surface area contributed by atoms with E-state index < -0.39 is 7.12 Å². The minimum atomic E-state index is -1.40. The van der Waals surface area contributed by atoms with Crippen molar-refractivity contribution in [2.24, 2.45) is 0 Å². The molecule has 2 N–H and O–H groups in total. The summed E-state index contributed by atoms with van der Waals surface area (Å²) in [6.45, 7) is 8.87. The predicted molar refractivity (Wildman–Crippen MR) is 76.2 cm³/mol. The van der Waals surface area contributed by atoms with Gasteiger partial charge in [0.1, 0.15) is 0 Å². The molecule has 19 heavy (non-hydrogen) atoms. The van der Waals surface area contributed by atoms with Gasteiger partial charge in [0.15, 0.2) is 0 Å². The summed E-state index contributed by atoms with van der Waals surface area (Å²) in [5.41, 5.74) is 1.50. The summed E-state index contributed by atoms with van der Waals surface area (Å²) in [6.07, 6.45) is 0.218. The molecule has 0 aromatic heterocycles. The average molecular weight is 263 g/mol. The second-order valence-corrected chi connectivity index (χ2v) is 5.98. The first kappa shape index (κ1) is 14.5. The van der Waals surface area contributed by atoms with Crippen LogP contribution in [0.2, 0.25) is 0 Å². The number of morpholine rings is 1. The summed E-state index contributed by atoms with van der Waals surface area (Å²) in [5, 5.41) is 18.4. The Morgan fingerprint density at radius 1 is 1.42 bits per heavy atom. The molecule has 5 heteroatoms. The molecule has 1 aromatic carbocycles. The van der Waals surface area contributed by atoms with Gasteiger partial charge in [-0.25, -0.2) is 0 Å². The maximum Gasteiger partial charge on any atom is 0.488 e. The molecular weight excluding hydrogens is 241 g/mol. The molecule has 4 nitrogen and oxygen atoms in total. The molecule has 0 aliphatic carbocycles. The highest BCUT2D eigenvalue weighted by Crippen LogP contribution is 2.22. The van der Waals surface area contributed by atoms with Gasteiger partial charge in [0.2, 0.25) is 0 Å². The quantitative estimate of drug-likeness (QED) is 0.773. The summed E-state index contributed by atoms with van der Waals surface area (Å²) >= 11 is 0. The van der Waals surface area contributed by atoms with E-state index in [9.17, 15) is 10.0 Å². The molecule has 1 aliphatic heterocycles. The Labute approximate surface area is 115 Å². The number of ether oxygens (including phenoxy) is 1. The lowest BCUT2D eigenvalue weighted by Crippen LogP contribution is -2.51. The van der Waals surface area contributed by atoms with Crippen molar-refractivity contribution in [3.8, 4) is 0 Å². The van der Waals surface area contributed by atoms with Gasteiger partial charge in [-0.3, -0.25) is 4.90 Å². The highest BCUT2D eigenvalue weighted by Gasteiger charge is 2.31. The van der Waals surface area contributed by atoms with Crippen molar-refractivity contribution in [1.29, 1.82) is 0 Å². The molecule has 1 aliphatic rings. The van der Waals surface area contributed by atoms with Crippen molar-refractivity contribution >= 4 is 12.6 Å². The Hall–Kier alpha value is -0.875. The second kappa shape index (κ2) is 5.63. The molecule has 2 rings (SSSR count). The molecule has 1 saturated heterocycles. The number of hydrogen-bond donors (Lipinski definition) is 2. The Kier molecular flexibility index (Phi) is 4.31. The first-order valence-corrected chi connectivity index (χ1v) is 6.71. The van der Waals surface area contributed by atoms with Crippen molar-refractivity contribution in [3.05, 3.63) is 29.8 Å². The fourth-order valence-electron chi connectivity index (χ4n) is 2.82. The van der Waals surface area contributed by atoms with E-state index in [1.165, 1.54) is 0 Å². The molecule has 1 aromatic rings. The lowest BCUT2D eigenvalue weighted by Gasteiger charge is -2.41. The van der Waals surface area contributed by atoms with Crippen LogP contribution in [0.3, 0.4) is 0 Å². The van der Waals surface area contributed by atoms with Gasteiger partial charge in [-0.05, 0) is 31.8 Å². The molecule has 1 unspecified atom stereocenters. The van der Waals surface area contributed by atoms with E-state index in [2.05, 4.69) is 25.7 Å². The minimum Gasteiger partial charge on any atom is -0.423 e. The van der Waals surface area contributed by atoms with Crippen molar-refractivity contribution in [3.63, 3.8) is 0 Å². The van der Waals surface area contributed by atoms with Gasteiger partial charge < -0.3 is 14.8 Å². The molecule has 1 atom stereocenters. The monoisotopic (exact) mass is 263 g/mol. The number of benzene rings is 1. The van der Waals surface area contributed by atoms with Gasteiger partial charge in [-0.2, -0.15) is 0 Å². The Morgan fingerprint density at radius 3 is 2.79 bits per heavy atom. The zero-order chi connectivity index (χ0) is 14.0. The van der Waals surface area contributed by atoms with E-state index >= 15 is 0 Å². The summed E-state index contributed by atoms with van der Waals surface area (Å²) < 4.78 is 5.88. The Morgan fingerprint density at radius 2 is 2.16 bits per heavy atom. The minimum absolute atomic E-state index is 0.133. The van der Waals surface area contributed by atoms with Crippen LogP contribution in [0, 0.1) is 0 Å². The molecule has 1 heterocycles. The van der Waals surface area contributed by atoms with Crippen molar-refractivity contribution in [2.75, 3.05) is 13.1 Å². The lowest BCUT2D eigenvalue weighted by molar-refractivity contribution is -0.130. The standard InChI is InChI=1S/C14H22BNO3/c1-11-8-16(10-14(2,3)19-11)9-12-5-4-6-13(7-12)15(17)18/h4-7,11,17-18H,8-10H2,1-3H3. The molecule has 0 radical (unpaired) electrons. The SMILES string of the molecule is CC1CN(Cc2cccc(B(O)O)c2)CC(C)(C)O1. The summed E-state index contributed by atoms with van der Waals surface area (Å²) in [6, 6.07) is 7.44. The topological polar surface area (TPSA) is 52.9 Å². The largest absolute Gasteiger partial charge is 0.488 e. The zero-order valence-corrected chi connectivity index (χ0v) is 11.8. The predicted octanol–water partition coefficient (Wildman–Crippen LogP) is 0.366. The smallest absolute Gasteiger partial charge is 0.423 e. The maximum atomic E-state index is 9.20. The number of hydrogen-bond acceptors (Lipinski definition) is 4. The van der Waals surface area contributed by atoms with Crippen molar-refractivity contribution in [1.82, 2.24) is 4.90 Å². The van der Waals surface area contributed by atoms with E-state index in [1.54, 1.807) is 6.07 Å². The van der Waals surface area contributed by atoms with Crippen LogP contribution in [0.25, 0.3) is 0 Å². The maximum absolute atomic E-state index is 9.20. The lowest BCUT2D eigenvalue weighted by atomic mass is 9.79. The van der Waals surface area contributed by atoms with Crippen LogP contribution in [-0.4, -0.2) is 46.9 Å². The molecular formula is C14H22BNO3. The van der Waals surface area contributed by atoms with Gasteiger partial charge in [-0.15, -0.1) is 0 Å². The molecule has 0 spiro atoms. The summed E-state index contributed by atoms with van der Waals surface area (Å²) in [5.74, 6) is 0. The van der Waals surface area contributed by atoms with Crippen LogP contribution in [0.4, 0.5) is 0 Å². The molecule has 0 amide bonds. The Balaban J connectivity index is 2.06. The average Bonchev–Trinajstić information content (AvgIpc) is 2.26. The third kappa shape index (κ3) is 4.04. The van der Waals surface area contributed by atoms with Crippen molar-refractivity contribution in [2.45, 2.75) is 39.0 Å². The highest BCUT2D eigenvalue weighted by molar-refractivity contribution is 6.58. The second-order valence-electron chi connectivity index (χ2n) is 5.98. The van der Waals surface area contributed by atoms with Crippen LogP contribution >= 0.6 is 0 Å². The normalized spacial score (nSPS) is 23.3. The van der Waals surface area contributed by atoms with Gasteiger partial charge in [0.05, 0.1) is 11.7 Å². The van der Waals surface area contributed by atoms with E-state index in [1.807, 2.05) is 18.2 Å². The fraction of sp³-hybridized carbons (Fsp3) is 0.571. The highest BCUT2D eigenvalue weighted by atomic mass is 16.5. The van der Waals surface area contributed by atoms with Gasteiger partial charge in [-0.1, -0.05) is 24.3 Å². The zero-order valence-electron chi connectivity index (χ0n) is 11.8. The third-order valence-electron chi connectivity index (χ3n) is 3.30. The van der Waals surface area contributed by atoms with Crippen LogP contribution < -0.4 is 5.46 Å². The van der Waals surface area contributed by atoms with E-state index in [0.29, 0.717) is 5.46 Å². The van der Waals surface area contributed by atoms with Gasteiger partial charge in [0.25, 0.3) is 0 Å². The Bertz CT molecular complexity index is 436. The third-order valence-corrected chi connectivity index (χ3v) is 3.30. The molecule has 0 saturated carbocycles. The molecule has 0 bridgehead atoms. The van der Waals surface area contributed by atoms with Crippen molar-refractivity contribution < 1.29 is 14.8 Å². The van der Waals surface area contributed by atoms with Crippen LogP contribution in [-0.2, 0) is 11.3 Å². The fourth-order valence-corrected chi connectivity index (χ4v) is 2.82. The summed E-state index contributed by atoms with van der Waals surface area (Å²) in [4.78, 5) is 2.34. The van der Waals surface area contributed by atoms with Crippen LogP contribution in [0.5, 0.6) is 0 Å².